The van der Waals surface area contributed by atoms with E-state index in [1.54, 1.807) is 0 Å². The molecule has 1 amide bonds. The average molecular weight is 281 g/mol. The fraction of sp³-hybridized carbons (Fsp3) is 0.917. The minimum absolute atomic E-state index is 0. The van der Waals surface area contributed by atoms with Gasteiger partial charge < -0.3 is 20.5 Å². The molecule has 0 aromatic heterocycles. The molecule has 3 atom stereocenters. The Kier molecular flexibility index (Phi) is 8.52. The Bertz CT molecular complexity index is 251. The first-order chi connectivity index (χ1) is 8.06. The van der Waals surface area contributed by atoms with Crippen molar-refractivity contribution in [2.45, 2.75) is 32.4 Å². The third-order valence-corrected chi connectivity index (χ3v) is 3.14. The van der Waals surface area contributed by atoms with Crippen molar-refractivity contribution in [3.63, 3.8) is 0 Å². The number of rotatable bonds is 6. The minimum Gasteiger partial charge on any atom is -0.383 e. The molecule has 1 aliphatic heterocycles. The molecule has 108 valence electrons. The predicted molar refractivity (Wildman–Crippen MR) is 72.8 cm³/mol. The summed E-state index contributed by atoms with van der Waals surface area (Å²) in [4.78, 5) is 11.6. The van der Waals surface area contributed by atoms with E-state index in [0.717, 1.165) is 13.0 Å². The predicted octanol–water partition coefficient (Wildman–Crippen LogP) is 0.559. The summed E-state index contributed by atoms with van der Waals surface area (Å²) in [6.45, 7) is 5.95. The fourth-order valence-corrected chi connectivity index (χ4v) is 2.23. The van der Waals surface area contributed by atoms with Gasteiger partial charge in [-0.2, -0.15) is 0 Å². The van der Waals surface area contributed by atoms with Crippen molar-refractivity contribution in [2.24, 2.45) is 17.6 Å². The van der Waals surface area contributed by atoms with Crippen LogP contribution in [0, 0.1) is 11.8 Å². The number of ether oxygens (including phenoxy) is 2. The molecule has 0 bridgehead atoms. The van der Waals surface area contributed by atoms with Gasteiger partial charge in [0.2, 0.25) is 5.91 Å². The molecule has 0 aliphatic carbocycles. The van der Waals surface area contributed by atoms with E-state index in [-0.39, 0.29) is 31.0 Å². The summed E-state index contributed by atoms with van der Waals surface area (Å²) in [6.07, 6.45) is 1.25. The van der Waals surface area contributed by atoms with Crippen molar-refractivity contribution in [3.8, 4) is 0 Å². The molecule has 3 unspecified atom stereocenters. The first kappa shape index (κ1) is 17.6. The molecular formula is C12H25ClN2O3. The lowest BCUT2D eigenvalue weighted by molar-refractivity contribution is -0.123. The van der Waals surface area contributed by atoms with Gasteiger partial charge in [-0.25, -0.2) is 0 Å². The SMILES string of the molecule is COCC(N)C(=O)NCC1CCOC1C(C)C.Cl. The van der Waals surface area contributed by atoms with Gasteiger partial charge in [-0.3, -0.25) is 4.79 Å². The van der Waals surface area contributed by atoms with E-state index in [1.807, 2.05) is 0 Å². The number of carbonyl (C=O) groups is 1. The topological polar surface area (TPSA) is 73.6 Å². The van der Waals surface area contributed by atoms with Gasteiger partial charge in [0.15, 0.2) is 0 Å². The molecule has 0 radical (unpaired) electrons. The quantitative estimate of drug-likeness (QED) is 0.746. The van der Waals surface area contributed by atoms with Gasteiger partial charge in [-0.15, -0.1) is 12.4 Å². The average Bonchev–Trinajstić information content (AvgIpc) is 2.74. The van der Waals surface area contributed by atoms with E-state index in [9.17, 15) is 4.79 Å². The van der Waals surface area contributed by atoms with Crippen LogP contribution < -0.4 is 11.1 Å². The molecule has 0 aromatic rings. The second-order valence-corrected chi connectivity index (χ2v) is 4.94. The van der Waals surface area contributed by atoms with Crippen molar-refractivity contribution < 1.29 is 14.3 Å². The molecule has 0 saturated carbocycles. The van der Waals surface area contributed by atoms with Crippen LogP contribution in [-0.4, -0.2) is 44.9 Å². The lowest BCUT2D eigenvalue weighted by Crippen LogP contribution is -2.46. The maximum atomic E-state index is 11.6. The molecule has 1 aliphatic rings. The third kappa shape index (κ3) is 5.10. The first-order valence-electron chi connectivity index (χ1n) is 6.20. The zero-order chi connectivity index (χ0) is 12.8. The first-order valence-corrected chi connectivity index (χ1v) is 6.20. The van der Waals surface area contributed by atoms with Crippen LogP contribution in [0.5, 0.6) is 0 Å². The maximum Gasteiger partial charge on any atom is 0.239 e. The maximum absolute atomic E-state index is 11.6. The van der Waals surface area contributed by atoms with Gasteiger partial charge >= 0.3 is 0 Å². The molecule has 0 aromatic carbocycles. The van der Waals surface area contributed by atoms with Crippen molar-refractivity contribution in [3.05, 3.63) is 0 Å². The van der Waals surface area contributed by atoms with Crippen LogP contribution in [0.2, 0.25) is 0 Å². The number of hydrogen-bond donors (Lipinski definition) is 2. The van der Waals surface area contributed by atoms with Crippen LogP contribution in [0.15, 0.2) is 0 Å². The summed E-state index contributed by atoms with van der Waals surface area (Å²) in [6, 6.07) is -0.583. The van der Waals surface area contributed by atoms with Gasteiger partial charge in [0.25, 0.3) is 0 Å². The van der Waals surface area contributed by atoms with Crippen LogP contribution in [-0.2, 0) is 14.3 Å². The molecule has 0 spiro atoms. The van der Waals surface area contributed by atoms with Crippen molar-refractivity contribution >= 4 is 18.3 Å². The minimum atomic E-state index is -0.583. The number of halogens is 1. The second kappa shape index (κ2) is 8.69. The Morgan fingerprint density at radius 3 is 2.78 bits per heavy atom. The van der Waals surface area contributed by atoms with E-state index in [4.69, 9.17) is 15.2 Å². The Morgan fingerprint density at radius 1 is 1.56 bits per heavy atom. The lowest BCUT2D eigenvalue weighted by atomic mass is 9.93. The lowest BCUT2D eigenvalue weighted by Gasteiger charge is -2.22. The fourth-order valence-electron chi connectivity index (χ4n) is 2.23. The van der Waals surface area contributed by atoms with Crippen LogP contribution in [0.3, 0.4) is 0 Å². The summed E-state index contributed by atoms with van der Waals surface area (Å²) in [5, 5.41) is 2.87. The summed E-state index contributed by atoms with van der Waals surface area (Å²) >= 11 is 0. The highest BCUT2D eigenvalue weighted by Gasteiger charge is 2.31. The molecule has 6 heteroatoms. The summed E-state index contributed by atoms with van der Waals surface area (Å²) in [5.74, 6) is 0.724. The summed E-state index contributed by atoms with van der Waals surface area (Å²) in [5.41, 5.74) is 5.64. The van der Waals surface area contributed by atoms with Crippen LogP contribution in [0.25, 0.3) is 0 Å². The molecule has 1 rings (SSSR count). The van der Waals surface area contributed by atoms with Crippen molar-refractivity contribution in [1.82, 2.24) is 5.32 Å². The zero-order valence-electron chi connectivity index (χ0n) is 11.3. The molecule has 3 N–H and O–H groups in total. The van der Waals surface area contributed by atoms with Gasteiger partial charge in [0.05, 0.1) is 12.7 Å². The number of hydrogen-bond acceptors (Lipinski definition) is 4. The number of methoxy groups -OCH3 is 1. The molecule has 1 saturated heterocycles. The van der Waals surface area contributed by atoms with Crippen molar-refractivity contribution in [1.29, 1.82) is 0 Å². The summed E-state index contributed by atoms with van der Waals surface area (Å²) < 4.78 is 10.5. The number of nitrogens with two attached hydrogens (primary N) is 1. The van der Waals surface area contributed by atoms with E-state index in [0.29, 0.717) is 18.4 Å². The third-order valence-electron chi connectivity index (χ3n) is 3.14. The van der Waals surface area contributed by atoms with Crippen LogP contribution in [0.4, 0.5) is 0 Å². The normalized spacial score (nSPS) is 24.7. The Balaban J connectivity index is 0.00000289. The van der Waals surface area contributed by atoms with Crippen LogP contribution >= 0.6 is 12.4 Å². The molecule has 1 fully saturated rings. The molecule has 1 heterocycles. The van der Waals surface area contributed by atoms with E-state index in [2.05, 4.69) is 19.2 Å². The zero-order valence-corrected chi connectivity index (χ0v) is 12.2. The van der Waals surface area contributed by atoms with E-state index < -0.39 is 6.04 Å². The van der Waals surface area contributed by atoms with Gasteiger partial charge in [0.1, 0.15) is 6.04 Å². The summed E-state index contributed by atoms with van der Waals surface area (Å²) in [7, 11) is 1.53. The molecule has 5 nitrogen and oxygen atoms in total. The van der Waals surface area contributed by atoms with Crippen molar-refractivity contribution in [2.75, 3.05) is 26.9 Å². The highest BCUT2D eigenvalue weighted by molar-refractivity contribution is 5.85. The van der Waals surface area contributed by atoms with E-state index in [1.165, 1.54) is 7.11 Å². The number of amides is 1. The van der Waals surface area contributed by atoms with Gasteiger partial charge in [-0.05, 0) is 12.3 Å². The largest absolute Gasteiger partial charge is 0.383 e. The van der Waals surface area contributed by atoms with Crippen LogP contribution in [0.1, 0.15) is 20.3 Å². The Morgan fingerprint density at radius 2 is 2.22 bits per heavy atom. The van der Waals surface area contributed by atoms with E-state index >= 15 is 0 Å². The monoisotopic (exact) mass is 280 g/mol. The highest BCUT2D eigenvalue weighted by Crippen LogP contribution is 2.25. The second-order valence-electron chi connectivity index (χ2n) is 4.94. The molecular weight excluding hydrogens is 256 g/mol. The van der Waals surface area contributed by atoms with Gasteiger partial charge in [0, 0.05) is 26.2 Å². The Labute approximate surface area is 115 Å². The highest BCUT2D eigenvalue weighted by atomic mass is 35.5. The van der Waals surface area contributed by atoms with Gasteiger partial charge in [-0.1, -0.05) is 13.8 Å². The number of nitrogens with one attached hydrogen (secondary N) is 1. The molecule has 18 heavy (non-hydrogen) atoms. The Hall–Kier alpha value is -0.360. The smallest absolute Gasteiger partial charge is 0.239 e. The standard InChI is InChI=1S/C12H24N2O3.ClH/c1-8(2)11-9(4-5-17-11)6-14-12(15)10(13)7-16-3;/h8-11H,4-7,13H2,1-3H3,(H,14,15);1H. The number of carbonyl (C=O) groups excluding carboxylic acids is 1.